The van der Waals surface area contributed by atoms with Gasteiger partial charge in [0, 0.05) is 35.4 Å². The fourth-order valence-electron chi connectivity index (χ4n) is 3.05. The average molecular weight is 368 g/mol. The molecule has 0 aliphatic carbocycles. The lowest BCUT2D eigenvalue weighted by Crippen LogP contribution is -2.41. The van der Waals surface area contributed by atoms with E-state index in [9.17, 15) is 4.79 Å². The molecule has 0 saturated carbocycles. The summed E-state index contributed by atoms with van der Waals surface area (Å²) in [4.78, 5) is 19.4. The topological polar surface area (TPSA) is 54.5 Å². The quantitative estimate of drug-likeness (QED) is 0.757. The maximum absolute atomic E-state index is 13.1. The summed E-state index contributed by atoms with van der Waals surface area (Å²) in [5, 5.41) is 4.96. The molecule has 1 amide bonds. The summed E-state index contributed by atoms with van der Waals surface area (Å²) in [5.41, 5.74) is 3.01. The van der Waals surface area contributed by atoms with E-state index in [4.69, 9.17) is 16.3 Å². The number of amides is 1. The van der Waals surface area contributed by atoms with Crippen LogP contribution in [0.4, 0.5) is 11.4 Å². The third-order valence-electron chi connectivity index (χ3n) is 4.42. The lowest BCUT2D eigenvalue weighted by molar-refractivity contribution is 0.0303. The minimum Gasteiger partial charge on any atom is -0.378 e. The number of ether oxygens (including phenoxy) is 1. The molecule has 0 unspecified atom stereocenters. The van der Waals surface area contributed by atoms with E-state index in [0.717, 1.165) is 22.3 Å². The molecule has 6 heteroatoms. The predicted octanol–water partition coefficient (Wildman–Crippen LogP) is 4.10. The van der Waals surface area contributed by atoms with E-state index in [1.165, 1.54) is 0 Å². The summed E-state index contributed by atoms with van der Waals surface area (Å²) in [6, 6.07) is 15.2. The first-order chi connectivity index (χ1) is 12.7. The number of benzene rings is 2. The Morgan fingerprint density at radius 1 is 1.08 bits per heavy atom. The molecule has 2 heterocycles. The van der Waals surface area contributed by atoms with Gasteiger partial charge in [-0.3, -0.25) is 9.78 Å². The van der Waals surface area contributed by atoms with Crippen LogP contribution >= 0.6 is 11.6 Å². The molecule has 0 bridgehead atoms. The van der Waals surface area contributed by atoms with Crippen LogP contribution < -0.4 is 5.32 Å². The van der Waals surface area contributed by atoms with Gasteiger partial charge in [0.1, 0.15) is 0 Å². The molecule has 1 fully saturated rings. The Bertz CT molecular complexity index is 937. The highest BCUT2D eigenvalue weighted by molar-refractivity contribution is 6.30. The molecule has 132 valence electrons. The standard InChI is InChI=1S/C20H18ClN3O2/c21-14-5-7-15(8-6-14)23-19-16-3-1-2-4-18(16)22-13-17(19)20(25)24-9-11-26-12-10-24/h1-8,13H,9-12H2,(H,22,23). The normalized spacial score (nSPS) is 14.4. The number of aromatic nitrogens is 1. The van der Waals surface area contributed by atoms with Gasteiger partial charge in [0.2, 0.25) is 0 Å². The monoisotopic (exact) mass is 367 g/mol. The Labute approximate surface area is 156 Å². The molecule has 3 aromatic rings. The Hall–Kier alpha value is -2.63. The SMILES string of the molecule is O=C(c1cnc2ccccc2c1Nc1ccc(Cl)cc1)N1CCOCC1. The summed E-state index contributed by atoms with van der Waals surface area (Å²) in [6.45, 7) is 2.30. The van der Waals surface area contributed by atoms with Crippen molar-refractivity contribution in [2.75, 3.05) is 31.6 Å². The molecule has 1 saturated heterocycles. The number of anilines is 2. The van der Waals surface area contributed by atoms with E-state index in [2.05, 4.69) is 10.3 Å². The Kier molecular flexibility index (Phi) is 4.73. The fraction of sp³-hybridized carbons (Fsp3) is 0.200. The van der Waals surface area contributed by atoms with Crippen molar-refractivity contribution in [1.29, 1.82) is 0 Å². The molecule has 2 aromatic carbocycles. The molecule has 26 heavy (non-hydrogen) atoms. The van der Waals surface area contributed by atoms with Crippen LogP contribution in [-0.2, 0) is 4.74 Å². The van der Waals surface area contributed by atoms with Gasteiger partial charge in [0.25, 0.3) is 5.91 Å². The summed E-state index contributed by atoms with van der Waals surface area (Å²) in [5.74, 6) is -0.0389. The molecule has 1 N–H and O–H groups in total. The summed E-state index contributed by atoms with van der Waals surface area (Å²) in [6.07, 6.45) is 1.65. The number of halogens is 1. The Morgan fingerprint density at radius 2 is 1.81 bits per heavy atom. The van der Waals surface area contributed by atoms with E-state index in [0.29, 0.717) is 36.9 Å². The number of para-hydroxylation sites is 1. The number of nitrogens with one attached hydrogen (secondary N) is 1. The van der Waals surface area contributed by atoms with Gasteiger partial charge in [0.15, 0.2) is 0 Å². The van der Waals surface area contributed by atoms with Crippen molar-refractivity contribution in [3.8, 4) is 0 Å². The molecule has 1 aliphatic heterocycles. The van der Waals surface area contributed by atoms with Crippen LogP contribution in [0.25, 0.3) is 10.9 Å². The number of pyridine rings is 1. The highest BCUT2D eigenvalue weighted by atomic mass is 35.5. The number of hydrogen-bond acceptors (Lipinski definition) is 4. The van der Waals surface area contributed by atoms with E-state index in [-0.39, 0.29) is 5.91 Å². The Morgan fingerprint density at radius 3 is 2.58 bits per heavy atom. The molecule has 1 aliphatic rings. The van der Waals surface area contributed by atoms with Crippen molar-refractivity contribution in [2.45, 2.75) is 0 Å². The molecular weight excluding hydrogens is 350 g/mol. The van der Waals surface area contributed by atoms with Gasteiger partial charge >= 0.3 is 0 Å². The van der Waals surface area contributed by atoms with Gasteiger partial charge in [-0.05, 0) is 30.3 Å². The van der Waals surface area contributed by atoms with Crippen LogP contribution in [0.3, 0.4) is 0 Å². The maximum atomic E-state index is 13.1. The Balaban J connectivity index is 1.78. The molecule has 5 nitrogen and oxygen atoms in total. The smallest absolute Gasteiger partial charge is 0.257 e. The van der Waals surface area contributed by atoms with Crippen LogP contribution in [-0.4, -0.2) is 42.1 Å². The maximum Gasteiger partial charge on any atom is 0.257 e. The van der Waals surface area contributed by atoms with Crippen molar-refractivity contribution in [2.24, 2.45) is 0 Å². The number of carbonyl (C=O) groups is 1. The zero-order chi connectivity index (χ0) is 17.9. The highest BCUT2D eigenvalue weighted by Gasteiger charge is 2.23. The average Bonchev–Trinajstić information content (AvgIpc) is 2.70. The molecule has 0 radical (unpaired) electrons. The van der Waals surface area contributed by atoms with Crippen LogP contribution in [0, 0.1) is 0 Å². The number of hydrogen-bond donors (Lipinski definition) is 1. The second-order valence-corrected chi connectivity index (χ2v) is 6.54. The van der Waals surface area contributed by atoms with E-state index in [1.807, 2.05) is 53.4 Å². The molecule has 0 atom stereocenters. The fourth-order valence-corrected chi connectivity index (χ4v) is 3.18. The van der Waals surface area contributed by atoms with Crippen LogP contribution in [0.1, 0.15) is 10.4 Å². The van der Waals surface area contributed by atoms with Crippen LogP contribution in [0.5, 0.6) is 0 Å². The van der Waals surface area contributed by atoms with Crippen LogP contribution in [0.2, 0.25) is 5.02 Å². The van der Waals surface area contributed by atoms with Crippen molar-refractivity contribution in [1.82, 2.24) is 9.88 Å². The number of rotatable bonds is 3. The first-order valence-electron chi connectivity index (χ1n) is 8.50. The third-order valence-corrected chi connectivity index (χ3v) is 4.67. The number of morpholine rings is 1. The van der Waals surface area contributed by atoms with Crippen molar-refractivity contribution >= 4 is 39.8 Å². The van der Waals surface area contributed by atoms with Gasteiger partial charge in [-0.25, -0.2) is 0 Å². The van der Waals surface area contributed by atoms with E-state index >= 15 is 0 Å². The molecule has 1 aromatic heterocycles. The second-order valence-electron chi connectivity index (χ2n) is 6.10. The lowest BCUT2D eigenvalue weighted by atomic mass is 10.1. The zero-order valence-electron chi connectivity index (χ0n) is 14.1. The molecule has 4 rings (SSSR count). The second kappa shape index (κ2) is 7.32. The first-order valence-corrected chi connectivity index (χ1v) is 8.87. The summed E-state index contributed by atoms with van der Waals surface area (Å²) >= 11 is 5.98. The van der Waals surface area contributed by atoms with Gasteiger partial charge in [-0.1, -0.05) is 29.8 Å². The van der Waals surface area contributed by atoms with Gasteiger partial charge in [0.05, 0.1) is 30.0 Å². The first kappa shape index (κ1) is 16.8. The summed E-state index contributed by atoms with van der Waals surface area (Å²) < 4.78 is 5.36. The summed E-state index contributed by atoms with van der Waals surface area (Å²) in [7, 11) is 0. The largest absolute Gasteiger partial charge is 0.378 e. The predicted molar refractivity (Wildman–Crippen MR) is 103 cm³/mol. The highest BCUT2D eigenvalue weighted by Crippen LogP contribution is 2.30. The number of carbonyl (C=O) groups excluding carboxylic acids is 1. The molecule has 0 spiro atoms. The van der Waals surface area contributed by atoms with Crippen molar-refractivity contribution in [3.63, 3.8) is 0 Å². The van der Waals surface area contributed by atoms with Crippen molar-refractivity contribution < 1.29 is 9.53 Å². The lowest BCUT2D eigenvalue weighted by Gasteiger charge is -2.27. The minimum atomic E-state index is -0.0389. The van der Waals surface area contributed by atoms with Crippen molar-refractivity contribution in [3.05, 3.63) is 65.3 Å². The third kappa shape index (κ3) is 3.36. The number of nitrogens with zero attached hydrogens (tertiary/aromatic N) is 2. The van der Waals surface area contributed by atoms with Gasteiger partial charge in [-0.15, -0.1) is 0 Å². The number of fused-ring (bicyclic) bond motifs is 1. The zero-order valence-corrected chi connectivity index (χ0v) is 14.9. The van der Waals surface area contributed by atoms with Gasteiger partial charge < -0.3 is 15.0 Å². The minimum absolute atomic E-state index is 0.0389. The molecular formula is C20H18ClN3O2. The van der Waals surface area contributed by atoms with E-state index < -0.39 is 0 Å². The van der Waals surface area contributed by atoms with Crippen LogP contribution in [0.15, 0.2) is 54.7 Å². The van der Waals surface area contributed by atoms with Gasteiger partial charge in [-0.2, -0.15) is 0 Å². The van der Waals surface area contributed by atoms with E-state index in [1.54, 1.807) is 6.20 Å².